The van der Waals surface area contributed by atoms with E-state index in [4.69, 9.17) is 0 Å². The second-order valence-electron chi connectivity index (χ2n) is 5.73. The van der Waals surface area contributed by atoms with Crippen molar-refractivity contribution in [1.29, 1.82) is 0 Å². The van der Waals surface area contributed by atoms with E-state index in [0.717, 1.165) is 24.9 Å². The molecule has 114 valence electrons. The molecule has 2 rings (SSSR count). The Balaban J connectivity index is 1.96. The Morgan fingerprint density at radius 1 is 1.38 bits per heavy atom. The van der Waals surface area contributed by atoms with Crippen LogP contribution in [0.3, 0.4) is 0 Å². The van der Waals surface area contributed by atoms with Gasteiger partial charge >= 0.3 is 5.97 Å². The number of nitrogens with one attached hydrogen (secondary N) is 2. The molecular formula is C16H22N2O3. The summed E-state index contributed by atoms with van der Waals surface area (Å²) in [7, 11) is 0. The highest BCUT2D eigenvalue weighted by atomic mass is 16.4. The number of carboxylic acid groups (broad SMARTS) is 1. The fourth-order valence-corrected chi connectivity index (χ4v) is 2.63. The molecule has 1 saturated heterocycles. The maximum Gasteiger partial charge on any atom is 0.326 e. The van der Waals surface area contributed by atoms with E-state index in [-0.39, 0.29) is 11.9 Å². The van der Waals surface area contributed by atoms with Crippen molar-refractivity contribution in [2.75, 3.05) is 6.54 Å². The largest absolute Gasteiger partial charge is 0.480 e. The molecule has 3 atom stereocenters. The highest BCUT2D eigenvalue weighted by Gasteiger charge is 2.28. The van der Waals surface area contributed by atoms with E-state index in [2.05, 4.69) is 17.6 Å². The van der Waals surface area contributed by atoms with Crippen molar-refractivity contribution in [3.63, 3.8) is 0 Å². The van der Waals surface area contributed by atoms with Crippen molar-refractivity contribution in [3.05, 3.63) is 35.9 Å². The van der Waals surface area contributed by atoms with Crippen molar-refractivity contribution in [3.8, 4) is 0 Å². The van der Waals surface area contributed by atoms with Gasteiger partial charge in [-0.2, -0.15) is 0 Å². The molecule has 1 heterocycles. The highest BCUT2D eigenvalue weighted by Crippen LogP contribution is 2.15. The Morgan fingerprint density at radius 2 is 2.10 bits per heavy atom. The fraction of sp³-hybridized carbons (Fsp3) is 0.500. The van der Waals surface area contributed by atoms with Crippen LogP contribution in [0.1, 0.15) is 25.3 Å². The minimum absolute atomic E-state index is 0.218. The topological polar surface area (TPSA) is 78.4 Å². The van der Waals surface area contributed by atoms with Gasteiger partial charge in [0.25, 0.3) is 0 Å². The van der Waals surface area contributed by atoms with Crippen LogP contribution < -0.4 is 10.6 Å². The lowest BCUT2D eigenvalue weighted by atomic mass is 9.93. The molecule has 1 aromatic rings. The Morgan fingerprint density at radius 3 is 2.71 bits per heavy atom. The molecule has 1 aliphatic rings. The summed E-state index contributed by atoms with van der Waals surface area (Å²) in [4.78, 5) is 23.6. The summed E-state index contributed by atoms with van der Waals surface area (Å²) in [5.41, 5.74) is 0.898. The summed E-state index contributed by atoms with van der Waals surface area (Å²) in [5, 5.41) is 15.1. The van der Waals surface area contributed by atoms with E-state index in [9.17, 15) is 14.7 Å². The third kappa shape index (κ3) is 4.56. The molecule has 3 N–H and O–H groups in total. The lowest BCUT2D eigenvalue weighted by Crippen LogP contribution is -2.53. The first-order valence-electron chi connectivity index (χ1n) is 7.36. The van der Waals surface area contributed by atoms with Crippen molar-refractivity contribution >= 4 is 11.9 Å². The quantitative estimate of drug-likeness (QED) is 0.761. The van der Waals surface area contributed by atoms with Crippen LogP contribution in [0.15, 0.2) is 30.3 Å². The zero-order valence-electron chi connectivity index (χ0n) is 12.2. The standard InChI is InChI=1S/C16H22N2O3/c1-11-7-8-17-13(9-11)15(19)18-14(16(20)21)10-12-5-3-2-4-6-12/h2-6,11,13-14,17H,7-10H2,1H3,(H,18,19)(H,20,21). The van der Waals surface area contributed by atoms with Crippen molar-refractivity contribution in [2.24, 2.45) is 5.92 Å². The molecule has 0 saturated carbocycles. The Kier molecular flexibility index (Phi) is 5.33. The number of piperidine rings is 1. The van der Waals surface area contributed by atoms with E-state index in [1.165, 1.54) is 0 Å². The predicted octanol–water partition coefficient (Wildman–Crippen LogP) is 1.19. The molecule has 0 bridgehead atoms. The monoisotopic (exact) mass is 290 g/mol. The molecular weight excluding hydrogens is 268 g/mol. The summed E-state index contributed by atoms with van der Waals surface area (Å²) in [6.07, 6.45) is 2.10. The predicted molar refractivity (Wildman–Crippen MR) is 79.9 cm³/mol. The molecule has 5 heteroatoms. The number of amides is 1. The van der Waals surface area contributed by atoms with Gasteiger partial charge in [0, 0.05) is 6.42 Å². The van der Waals surface area contributed by atoms with E-state index in [0.29, 0.717) is 12.3 Å². The van der Waals surface area contributed by atoms with Crippen LogP contribution in [0, 0.1) is 5.92 Å². The number of benzene rings is 1. The van der Waals surface area contributed by atoms with Crippen LogP contribution in [0.5, 0.6) is 0 Å². The lowest BCUT2D eigenvalue weighted by Gasteiger charge is -2.28. The van der Waals surface area contributed by atoms with Gasteiger partial charge in [-0.25, -0.2) is 4.79 Å². The molecule has 1 aliphatic heterocycles. The van der Waals surface area contributed by atoms with Crippen molar-refractivity contribution < 1.29 is 14.7 Å². The number of aliphatic carboxylic acids is 1. The molecule has 0 aromatic heterocycles. The Hall–Kier alpha value is -1.88. The molecule has 1 aromatic carbocycles. The van der Waals surface area contributed by atoms with Gasteiger partial charge < -0.3 is 15.7 Å². The average Bonchev–Trinajstić information content (AvgIpc) is 2.47. The van der Waals surface area contributed by atoms with Gasteiger partial charge in [0.05, 0.1) is 6.04 Å². The van der Waals surface area contributed by atoms with Crippen LogP contribution in [0.25, 0.3) is 0 Å². The van der Waals surface area contributed by atoms with Crippen LogP contribution in [-0.2, 0) is 16.0 Å². The SMILES string of the molecule is CC1CCNC(C(=O)NC(Cc2ccccc2)C(=O)O)C1. The van der Waals surface area contributed by atoms with E-state index in [1.807, 2.05) is 30.3 Å². The summed E-state index contributed by atoms with van der Waals surface area (Å²) in [6.45, 7) is 2.91. The molecule has 0 spiro atoms. The first-order valence-corrected chi connectivity index (χ1v) is 7.36. The Labute approximate surface area is 124 Å². The molecule has 3 unspecified atom stereocenters. The number of carbonyl (C=O) groups excluding carboxylic acids is 1. The normalized spacial score (nSPS) is 23.3. The van der Waals surface area contributed by atoms with Gasteiger partial charge in [-0.15, -0.1) is 0 Å². The number of hydrogen-bond donors (Lipinski definition) is 3. The van der Waals surface area contributed by atoms with Gasteiger partial charge in [0.2, 0.25) is 5.91 Å². The number of carbonyl (C=O) groups is 2. The van der Waals surface area contributed by atoms with Crippen molar-refractivity contribution in [1.82, 2.24) is 10.6 Å². The summed E-state index contributed by atoms with van der Waals surface area (Å²) >= 11 is 0. The maximum absolute atomic E-state index is 12.2. The van der Waals surface area contributed by atoms with E-state index >= 15 is 0 Å². The van der Waals surface area contributed by atoms with Gasteiger partial charge in [-0.05, 0) is 30.9 Å². The second-order valence-corrected chi connectivity index (χ2v) is 5.73. The molecule has 0 radical (unpaired) electrons. The number of hydrogen-bond acceptors (Lipinski definition) is 3. The number of rotatable bonds is 5. The summed E-state index contributed by atoms with van der Waals surface area (Å²) in [6, 6.07) is 8.16. The minimum atomic E-state index is -1.00. The molecule has 0 aliphatic carbocycles. The van der Waals surface area contributed by atoms with Crippen molar-refractivity contribution in [2.45, 2.75) is 38.3 Å². The third-order valence-electron chi connectivity index (χ3n) is 3.88. The molecule has 1 amide bonds. The first-order chi connectivity index (χ1) is 10.1. The molecule has 5 nitrogen and oxygen atoms in total. The lowest BCUT2D eigenvalue weighted by molar-refractivity contribution is -0.142. The van der Waals surface area contributed by atoms with Crippen LogP contribution in [-0.4, -0.2) is 35.6 Å². The molecule has 21 heavy (non-hydrogen) atoms. The zero-order valence-corrected chi connectivity index (χ0v) is 12.2. The minimum Gasteiger partial charge on any atom is -0.480 e. The smallest absolute Gasteiger partial charge is 0.326 e. The number of carboxylic acids is 1. The van der Waals surface area contributed by atoms with Crippen LogP contribution >= 0.6 is 0 Å². The van der Waals surface area contributed by atoms with Gasteiger partial charge in [-0.1, -0.05) is 37.3 Å². The Bertz CT molecular complexity index is 490. The van der Waals surface area contributed by atoms with Gasteiger partial charge in [-0.3, -0.25) is 4.79 Å². The maximum atomic E-state index is 12.2. The second kappa shape index (κ2) is 7.22. The van der Waals surface area contributed by atoms with Gasteiger partial charge in [0.15, 0.2) is 0 Å². The first kappa shape index (κ1) is 15.5. The van der Waals surface area contributed by atoms with Crippen LogP contribution in [0.2, 0.25) is 0 Å². The third-order valence-corrected chi connectivity index (χ3v) is 3.88. The highest BCUT2D eigenvalue weighted by molar-refractivity contribution is 5.87. The zero-order chi connectivity index (χ0) is 15.2. The van der Waals surface area contributed by atoms with Crippen LogP contribution in [0.4, 0.5) is 0 Å². The summed E-state index contributed by atoms with van der Waals surface area (Å²) in [5.74, 6) is -0.736. The summed E-state index contributed by atoms with van der Waals surface area (Å²) < 4.78 is 0. The fourth-order valence-electron chi connectivity index (χ4n) is 2.63. The van der Waals surface area contributed by atoms with E-state index in [1.54, 1.807) is 0 Å². The van der Waals surface area contributed by atoms with E-state index < -0.39 is 12.0 Å². The van der Waals surface area contributed by atoms with Gasteiger partial charge in [0.1, 0.15) is 6.04 Å². The average molecular weight is 290 g/mol. The molecule has 1 fully saturated rings.